The van der Waals surface area contributed by atoms with Gasteiger partial charge >= 0.3 is 0 Å². The summed E-state index contributed by atoms with van der Waals surface area (Å²) in [6.45, 7) is 2.43. The molecule has 3 heterocycles. The molecule has 1 aliphatic rings. The van der Waals surface area contributed by atoms with Gasteiger partial charge in [-0.15, -0.1) is 0 Å². The van der Waals surface area contributed by atoms with Crippen LogP contribution in [0.25, 0.3) is 10.6 Å². The number of carbonyl (C=O) groups excluding carboxylic acids is 1. The molecule has 31 heavy (non-hydrogen) atoms. The molecular formula is C21H24N8OS. The van der Waals surface area contributed by atoms with E-state index in [4.69, 9.17) is 16.7 Å². The minimum absolute atomic E-state index is 0.166. The number of aryl methyl sites for hydroxylation is 1. The molecule has 1 aromatic carbocycles. The fourth-order valence-corrected chi connectivity index (χ4v) is 4.62. The van der Waals surface area contributed by atoms with Crippen LogP contribution >= 0.6 is 11.3 Å². The second kappa shape index (κ2) is 8.75. The quantitative estimate of drug-likeness (QED) is 0.558. The summed E-state index contributed by atoms with van der Waals surface area (Å²) < 4.78 is 1.77. The first-order valence-electron chi connectivity index (χ1n) is 10.0. The molecule has 0 unspecified atom stereocenters. The molecule has 1 aliphatic heterocycles. The first kappa shape index (κ1) is 20.8. The van der Waals surface area contributed by atoms with Crippen LogP contribution in [0.15, 0.2) is 30.5 Å². The topological polar surface area (TPSA) is 139 Å². The van der Waals surface area contributed by atoms with Crippen LogP contribution in [-0.2, 0) is 7.05 Å². The second-order valence-electron chi connectivity index (χ2n) is 7.55. The third kappa shape index (κ3) is 4.23. The van der Waals surface area contributed by atoms with Crippen molar-refractivity contribution < 1.29 is 4.79 Å². The number of nitrogen functional groups attached to an aromatic ring is 1. The van der Waals surface area contributed by atoms with E-state index in [0.29, 0.717) is 33.7 Å². The number of hydrogen-bond acceptors (Lipinski definition) is 8. The normalized spacial score (nSPS) is 14.4. The van der Waals surface area contributed by atoms with Gasteiger partial charge in [-0.25, -0.2) is 4.98 Å². The minimum Gasteiger partial charge on any atom is -0.389 e. The molecule has 1 fully saturated rings. The molecule has 160 valence electrons. The highest BCUT2D eigenvalue weighted by molar-refractivity contribution is 7.19. The van der Waals surface area contributed by atoms with Crippen molar-refractivity contribution in [2.45, 2.75) is 12.8 Å². The number of rotatable bonds is 5. The van der Waals surface area contributed by atoms with Crippen molar-refractivity contribution >= 4 is 33.8 Å². The molecule has 1 saturated heterocycles. The van der Waals surface area contributed by atoms with Crippen molar-refractivity contribution in [1.29, 1.82) is 5.26 Å². The lowest BCUT2D eigenvalue weighted by molar-refractivity contribution is 0.102. The van der Waals surface area contributed by atoms with E-state index in [1.165, 1.54) is 11.3 Å². The lowest BCUT2D eigenvalue weighted by Gasteiger charge is -2.33. The first-order chi connectivity index (χ1) is 15.0. The van der Waals surface area contributed by atoms with Crippen LogP contribution in [0.5, 0.6) is 0 Å². The maximum absolute atomic E-state index is 13.0. The summed E-state index contributed by atoms with van der Waals surface area (Å²) in [6, 6.07) is 9.17. The molecule has 0 saturated carbocycles. The van der Waals surface area contributed by atoms with Gasteiger partial charge in [0.2, 0.25) is 0 Å². The maximum atomic E-state index is 13.0. The summed E-state index contributed by atoms with van der Waals surface area (Å²) in [5, 5.41) is 17.3. The Morgan fingerprint density at radius 3 is 2.87 bits per heavy atom. The van der Waals surface area contributed by atoms with Gasteiger partial charge in [-0.2, -0.15) is 10.4 Å². The highest BCUT2D eigenvalue weighted by Crippen LogP contribution is 2.33. The summed E-state index contributed by atoms with van der Waals surface area (Å²) >= 11 is 1.22. The molecule has 0 aliphatic carbocycles. The average Bonchev–Trinajstić information content (AvgIpc) is 3.36. The third-order valence-electron chi connectivity index (χ3n) is 5.51. The van der Waals surface area contributed by atoms with Gasteiger partial charge in [0.15, 0.2) is 11.5 Å². The van der Waals surface area contributed by atoms with E-state index < -0.39 is 0 Å². The summed E-state index contributed by atoms with van der Waals surface area (Å²) in [7, 11) is 1.86. The molecule has 1 amide bonds. The molecule has 4 rings (SSSR count). The summed E-state index contributed by atoms with van der Waals surface area (Å²) in [5.74, 6) is 1.01. The van der Waals surface area contributed by atoms with Crippen LogP contribution in [0.2, 0.25) is 0 Å². The molecule has 3 aromatic rings. The Bertz CT molecular complexity index is 1140. The molecule has 0 spiro atoms. The van der Waals surface area contributed by atoms with Crippen LogP contribution in [0.1, 0.15) is 28.9 Å². The van der Waals surface area contributed by atoms with Gasteiger partial charge in [0, 0.05) is 25.7 Å². The van der Waals surface area contributed by atoms with Crippen molar-refractivity contribution in [2.24, 2.45) is 18.7 Å². The van der Waals surface area contributed by atoms with E-state index in [9.17, 15) is 4.79 Å². The fourth-order valence-electron chi connectivity index (χ4n) is 3.80. The Balaban J connectivity index is 1.55. The second-order valence-corrected chi connectivity index (χ2v) is 8.58. The number of nitriles is 1. The lowest BCUT2D eigenvalue weighted by Crippen LogP contribution is -2.37. The number of thiazole rings is 1. The van der Waals surface area contributed by atoms with Gasteiger partial charge in [-0.3, -0.25) is 9.48 Å². The van der Waals surface area contributed by atoms with Crippen LogP contribution in [0.4, 0.5) is 16.5 Å². The molecule has 0 radical (unpaired) electrons. The molecule has 0 bridgehead atoms. The zero-order chi connectivity index (χ0) is 22.0. The van der Waals surface area contributed by atoms with Crippen LogP contribution in [-0.4, -0.2) is 40.3 Å². The van der Waals surface area contributed by atoms with Crippen molar-refractivity contribution in [1.82, 2.24) is 14.8 Å². The molecule has 9 nitrogen and oxygen atoms in total. The first-order valence-corrected chi connectivity index (χ1v) is 10.9. The molecule has 10 heteroatoms. The molecule has 2 aromatic heterocycles. The van der Waals surface area contributed by atoms with Gasteiger partial charge in [0.05, 0.1) is 17.8 Å². The number of hydrogen-bond donors (Lipinski definition) is 3. The van der Waals surface area contributed by atoms with Crippen LogP contribution in [0.3, 0.4) is 0 Å². The Morgan fingerprint density at radius 2 is 2.16 bits per heavy atom. The number of benzene rings is 1. The van der Waals surface area contributed by atoms with E-state index >= 15 is 0 Å². The largest absolute Gasteiger partial charge is 0.389 e. The molecule has 0 atom stereocenters. The summed E-state index contributed by atoms with van der Waals surface area (Å²) in [4.78, 5) is 19.6. The maximum Gasteiger partial charge on any atom is 0.277 e. The Kier molecular flexibility index (Phi) is 5.88. The van der Waals surface area contributed by atoms with Crippen LogP contribution < -0.4 is 21.7 Å². The van der Waals surface area contributed by atoms with E-state index in [0.717, 1.165) is 37.3 Å². The highest BCUT2D eigenvalue weighted by atomic mass is 32.1. The third-order valence-corrected chi connectivity index (χ3v) is 6.44. The number of nitrogens with zero attached hydrogens (tertiary/aromatic N) is 5. The fraction of sp³-hybridized carbons (Fsp3) is 0.333. The van der Waals surface area contributed by atoms with Crippen molar-refractivity contribution in [3.63, 3.8) is 0 Å². The number of aromatic nitrogens is 3. The molecular weight excluding hydrogens is 412 g/mol. The van der Waals surface area contributed by atoms with Gasteiger partial charge in [-0.1, -0.05) is 23.5 Å². The number of carbonyl (C=O) groups is 1. The van der Waals surface area contributed by atoms with Gasteiger partial charge in [0.1, 0.15) is 15.7 Å². The zero-order valence-electron chi connectivity index (χ0n) is 17.2. The smallest absolute Gasteiger partial charge is 0.277 e. The van der Waals surface area contributed by atoms with Gasteiger partial charge in [-0.05, 0) is 37.4 Å². The number of nitrogens with two attached hydrogens (primary N) is 2. The predicted octanol–water partition coefficient (Wildman–Crippen LogP) is 2.42. The minimum atomic E-state index is -0.387. The Hall–Kier alpha value is -3.42. The number of piperidine rings is 1. The average molecular weight is 437 g/mol. The van der Waals surface area contributed by atoms with Crippen molar-refractivity contribution in [2.75, 3.05) is 35.6 Å². The highest BCUT2D eigenvalue weighted by Gasteiger charge is 2.25. The summed E-state index contributed by atoms with van der Waals surface area (Å²) in [6.07, 6.45) is 3.67. The Labute approximate surface area is 184 Å². The van der Waals surface area contributed by atoms with Crippen molar-refractivity contribution in [3.8, 4) is 16.6 Å². The Morgan fingerprint density at radius 1 is 1.39 bits per heavy atom. The molecule has 5 N–H and O–H groups in total. The van der Waals surface area contributed by atoms with Crippen LogP contribution in [0, 0.1) is 17.2 Å². The zero-order valence-corrected chi connectivity index (χ0v) is 18.0. The van der Waals surface area contributed by atoms with E-state index in [1.807, 2.05) is 13.1 Å². The standard InChI is InChI=1S/C21H24N8OS/c1-28-21(29-7-5-13(10-22)6-8-29)16(12-25-28)26-19(30)17-18(24)31-20(27-17)15-4-2-3-14(9-15)11-23/h2-4,9,12-13H,5-8,10,22,24H2,1H3,(H,26,30). The number of nitrogens with one attached hydrogen (secondary N) is 1. The predicted molar refractivity (Wildman–Crippen MR) is 122 cm³/mol. The van der Waals surface area contributed by atoms with Crippen molar-refractivity contribution in [3.05, 3.63) is 41.7 Å². The number of anilines is 3. The van der Waals surface area contributed by atoms with E-state index in [2.05, 4.69) is 26.4 Å². The number of amides is 1. The monoisotopic (exact) mass is 436 g/mol. The van der Waals surface area contributed by atoms with E-state index in [-0.39, 0.29) is 11.6 Å². The van der Waals surface area contributed by atoms with Gasteiger partial charge in [0.25, 0.3) is 5.91 Å². The SMILES string of the molecule is Cn1ncc(NC(=O)c2nc(-c3cccc(C#N)c3)sc2N)c1N1CCC(CN)CC1. The van der Waals surface area contributed by atoms with E-state index in [1.54, 1.807) is 29.1 Å². The lowest BCUT2D eigenvalue weighted by atomic mass is 9.97. The van der Waals surface area contributed by atoms with Gasteiger partial charge < -0.3 is 21.7 Å². The summed E-state index contributed by atoms with van der Waals surface area (Å²) in [5.41, 5.74) is 14.0.